The minimum Gasteiger partial charge on any atom is -0.496 e. The number of ether oxygens (including phenoxy) is 2. The third-order valence-electron chi connectivity index (χ3n) is 3.78. The molecule has 1 aromatic rings. The SMILES string of the molecule is CCCNC(c1ccccc1OC)C(OC)C1CC1. The summed E-state index contributed by atoms with van der Waals surface area (Å²) in [5, 5.41) is 3.63. The van der Waals surface area contributed by atoms with Crippen molar-refractivity contribution in [3.05, 3.63) is 29.8 Å². The van der Waals surface area contributed by atoms with E-state index in [0.717, 1.165) is 18.7 Å². The van der Waals surface area contributed by atoms with Gasteiger partial charge < -0.3 is 14.8 Å². The molecule has 0 radical (unpaired) electrons. The lowest BCUT2D eigenvalue weighted by molar-refractivity contribution is 0.0499. The van der Waals surface area contributed by atoms with Gasteiger partial charge in [-0.15, -0.1) is 0 Å². The van der Waals surface area contributed by atoms with E-state index in [9.17, 15) is 0 Å². The van der Waals surface area contributed by atoms with Gasteiger partial charge in [0.05, 0.1) is 19.3 Å². The van der Waals surface area contributed by atoms with Gasteiger partial charge in [0.15, 0.2) is 0 Å². The molecular formula is C16H25NO2. The van der Waals surface area contributed by atoms with Crippen molar-refractivity contribution < 1.29 is 9.47 Å². The van der Waals surface area contributed by atoms with Gasteiger partial charge in [0.2, 0.25) is 0 Å². The quantitative estimate of drug-likeness (QED) is 0.781. The Morgan fingerprint density at radius 1 is 1.26 bits per heavy atom. The molecule has 1 aliphatic carbocycles. The van der Waals surface area contributed by atoms with Gasteiger partial charge in [-0.1, -0.05) is 25.1 Å². The van der Waals surface area contributed by atoms with E-state index in [1.807, 2.05) is 19.2 Å². The molecule has 2 unspecified atom stereocenters. The number of methoxy groups -OCH3 is 2. The number of hydrogen-bond donors (Lipinski definition) is 1. The van der Waals surface area contributed by atoms with Crippen molar-refractivity contribution in [3.8, 4) is 5.75 Å². The fourth-order valence-corrected chi connectivity index (χ4v) is 2.65. The van der Waals surface area contributed by atoms with E-state index in [1.54, 1.807) is 7.11 Å². The van der Waals surface area contributed by atoms with Gasteiger partial charge in [-0.3, -0.25) is 0 Å². The summed E-state index contributed by atoms with van der Waals surface area (Å²) in [7, 11) is 3.55. The number of hydrogen-bond acceptors (Lipinski definition) is 3. The first kappa shape index (κ1) is 14.4. The first-order valence-electron chi connectivity index (χ1n) is 7.20. The Bertz CT molecular complexity index is 390. The normalized spacial score (nSPS) is 18.1. The van der Waals surface area contributed by atoms with Gasteiger partial charge in [0.25, 0.3) is 0 Å². The van der Waals surface area contributed by atoms with Gasteiger partial charge in [-0.05, 0) is 37.8 Å². The molecule has 1 fully saturated rings. The highest BCUT2D eigenvalue weighted by atomic mass is 16.5. The second kappa shape index (κ2) is 6.92. The summed E-state index contributed by atoms with van der Waals surface area (Å²) in [6.45, 7) is 3.18. The molecule has 0 amide bonds. The Morgan fingerprint density at radius 2 is 2.00 bits per heavy atom. The van der Waals surface area contributed by atoms with Gasteiger partial charge in [-0.2, -0.15) is 0 Å². The van der Waals surface area contributed by atoms with E-state index < -0.39 is 0 Å². The fraction of sp³-hybridized carbons (Fsp3) is 0.625. The minimum absolute atomic E-state index is 0.216. The minimum atomic E-state index is 0.216. The van der Waals surface area contributed by atoms with Crippen LogP contribution in [-0.2, 0) is 4.74 Å². The number of benzene rings is 1. The van der Waals surface area contributed by atoms with Gasteiger partial charge in [0.1, 0.15) is 5.75 Å². The first-order valence-corrected chi connectivity index (χ1v) is 7.20. The number of rotatable bonds is 8. The maximum Gasteiger partial charge on any atom is 0.123 e. The molecule has 2 rings (SSSR count). The highest BCUT2D eigenvalue weighted by Gasteiger charge is 2.38. The van der Waals surface area contributed by atoms with Crippen LogP contribution in [-0.4, -0.2) is 26.9 Å². The van der Waals surface area contributed by atoms with Crippen LogP contribution in [0.4, 0.5) is 0 Å². The molecule has 0 bridgehead atoms. The lowest BCUT2D eigenvalue weighted by atomic mass is 9.97. The summed E-state index contributed by atoms with van der Waals surface area (Å²) in [5.41, 5.74) is 1.21. The van der Waals surface area contributed by atoms with Crippen LogP contribution < -0.4 is 10.1 Å². The lowest BCUT2D eigenvalue weighted by Crippen LogP contribution is -2.35. The molecule has 1 N–H and O–H groups in total. The molecule has 3 heteroatoms. The number of nitrogens with one attached hydrogen (secondary N) is 1. The Labute approximate surface area is 116 Å². The fourth-order valence-electron chi connectivity index (χ4n) is 2.65. The molecule has 1 saturated carbocycles. The van der Waals surface area contributed by atoms with Crippen LogP contribution in [0.25, 0.3) is 0 Å². The third-order valence-corrected chi connectivity index (χ3v) is 3.78. The summed E-state index contributed by atoms with van der Waals surface area (Å²) in [5.74, 6) is 1.63. The zero-order valence-corrected chi connectivity index (χ0v) is 12.2. The molecule has 19 heavy (non-hydrogen) atoms. The van der Waals surface area contributed by atoms with Crippen LogP contribution in [0, 0.1) is 5.92 Å². The summed E-state index contributed by atoms with van der Waals surface area (Å²) < 4.78 is 11.3. The Kier molecular flexibility index (Phi) is 5.23. The van der Waals surface area contributed by atoms with Gasteiger partial charge in [0, 0.05) is 12.7 Å². The Hall–Kier alpha value is -1.06. The molecule has 2 atom stereocenters. The predicted octanol–water partition coefficient (Wildman–Crippen LogP) is 3.16. The van der Waals surface area contributed by atoms with Crippen LogP contribution in [0.15, 0.2) is 24.3 Å². The zero-order valence-electron chi connectivity index (χ0n) is 12.2. The third kappa shape index (κ3) is 3.48. The van der Waals surface area contributed by atoms with E-state index >= 15 is 0 Å². The predicted molar refractivity (Wildman–Crippen MR) is 77.5 cm³/mol. The van der Waals surface area contributed by atoms with Crippen molar-refractivity contribution in [2.75, 3.05) is 20.8 Å². The second-order valence-corrected chi connectivity index (χ2v) is 5.21. The van der Waals surface area contributed by atoms with Gasteiger partial charge >= 0.3 is 0 Å². The highest BCUT2D eigenvalue weighted by Crippen LogP contribution is 2.41. The molecule has 106 valence electrons. The van der Waals surface area contributed by atoms with Crippen LogP contribution in [0.3, 0.4) is 0 Å². The highest BCUT2D eigenvalue weighted by molar-refractivity contribution is 5.37. The molecule has 1 aliphatic rings. The van der Waals surface area contributed by atoms with E-state index in [1.165, 1.54) is 18.4 Å². The van der Waals surface area contributed by atoms with Crippen molar-refractivity contribution in [1.29, 1.82) is 0 Å². The molecule has 0 saturated heterocycles. The summed E-state index contributed by atoms with van der Waals surface area (Å²) in [4.78, 5) is 0. The topological polar surface area (TPSA) is 30.5 Å². The van der Waals surface area contributed by atoms with Crippen LogP contribution in [0.1, 0.15) is 37.8 Å². The van der Waals surface area contributed by atoms with Gasteiger partial charge in [-0.25, -0.2) is 0 Å². The Morgan fingerprint density at radius 3 is 2.58 bits per heavy atom. The Balaban J connectivity index is 2.24. The standard InChI is InChI=1S/C16H25NO2/c1-4-11-17-15(16(19-3)12-9-10-12)13-7-5-6-8-14(13)18-2/h5-8,12,15-17H,4,9-11H2,1-3H3. The average Bonchev–Trinajstić information content (AvgIpc) is 3.28. The summed E-state index contributed by atoms with van der Waals surface area (Å²) in [6, 6.07) is 8.46. The molecule has 0 aliphatic heterocycles. The van der Waals surface area contributed by atoms with Crippen molar-refractivity contribution in [2.45, 2.75) is 38.3 Å². The second-order valence-electron chi connectivity index (χ2n) is 5.21. The maximum absolute atomic E-state index is 5.77. The summed E-state index contributed by atoms with van der Waals surface area (Å²) in [6.07, 6.45) is 3.91. The van der Waals surface area contributed by atoms with Crippen molar-refractivity contribution >= 4 is 0 Å². The average molecular weight is 263 g/mol. The van der Waals surface area contributed by atoms with Crippen LogP contribution >= 0.6 is 0 Å². The monoisotopic (exact) mass is 263 g/mol. The van der Waals surface area contributed by atoms with E-state index in [4.69, 9.17) is 9.47 Å². The van der Waals surface area contributed by atoms with Crippen LogP contribution in [0.2, 0.25) is 0 Å². The smallest absolute Gasteiger partial charge is 0.123 e. The molecule has 0 heterocycles. The summed E-state index contributed by atoms with van der Waals surface area (Å²) >= 11 is 0. The largest absolute Gasteiger partial charge is 0.496 e. The molecule has 0 aromatic heterocycles. The first-order chi connectivity index (χ1) is 9.31. The van der Waals surface area contributed by atoms with Crippen molar-refractivity contribution in [3.63, 3.8) is 0 Å². The van der Waals surface area contributed by atoms with Crippen LogP contribution in [0.5, 0.6) is 5.75 Å². The van der Waals surface area contributed by atoms with Crippen molar-refractivity contribution in [1.82, 2.24) is 5.32 Å². The van der Waals surface area contributed by atoms with E-state index in [0.29, 0.717) is 5.92 Å². The van der Waals surface area contributed by atoms with Crippen molar-refractivity contribution in [2.24, 2.45) is 5.92 Å². The molecule has 1 aromatic carbocycles. The molecule has 3 nitrogen and oxygen atoms in total. The molecule has 0 spiro atoms. The maximum atomic E-state index is 5.77. The van der Waals surface area contributed by atoms with E-state index in [2.05, 4.69) is 24.4 Å². The molecular weight excluding hydrogens is 238 g/mol. The van der Waals surface area contributed by atoms with E-state index in [-0.39, 0.29) is 12.1 Å². The zero-order chi connectivity index (χ0) is 13.7. The number of para-hydroxylation sites is 1. The lowest BCUT2D eigenvalue weighted by Gasteiger charge is -2.28.